The Morgan fingerprint density at radius 1 is 1.44 bits per heavy atom. The Morgan fingerprint density at radius 2 is 2.19 bits per heavy atom. The second-order valence-electron chi connectivity index (χ2n) is 4.24. The highest BCUT2D eigenvalue weighted by atomic mass is 79.9. The average molecular weight is 281 g/mol. The Morgan fingerprint density at radius 3 is 2.81 bits per heavy atom. The quantitative estimate of drug-likeness (QED) is 0.822. The fourth-order valence-electron chi connectivity index (χ4n) is 1.52. The number of hydrogen-bond donors (Lipinski definition) is 1. The van der Waals surface area contributed by atoms with Gasteiger partial charge in [0.15, 0.2) is 0 Å². The van der Waals surface area contributed by atoms with Gasteiger partial charge in [0.1, 0.15) is 6.07 Å². The third-order valence-electron chi connectivity index (χ3n) is 2.40. The summed E-state index contributed by atoms with van der Waals surface area (Å²) in [5.74, 6) is 0.736. The van der Waals surface area contributed by atoms with Crippen LogP contribution in [0.25, 0.3) is 0 Å². The molecule has 1 aromatic carbocycles. The van der Waals surface area contributed by atoms with Crippen LogP contribution in [0.2, 0.25) is 0 Å². The summed E-state index contributed by atoms with van der Waals surface area (Å²) in [4.78, 5) is 0. The third kappa shape index (κ3) is 3.86. The lowest BCUT2D eigenvalue weighted by molar-refractivity contribution is 0.567. The highest BCUT2D eigenvalue weighted by Crippen LogP contribution is 2.23. The molecule has 1 aromatic rings. The SMILES string of the molecule is CC(C)CCCNc1cccc(Br)c1C#N. The molecule has 0 unspecified atom stereocenters. The van der Waals surface area contributed by atoms with Gasteiger partial charge in [-0.1, -0.05) is 19.9 Å². The maximum absolute atomic E-state index is 9.02. The van der Waals surface area contributed by atoms with E-state index < -0.39 is 0 Å². The van der Waals surface area contributed by atoms with Gasteiger partial charge in [0, 0.05) is 11.0 Å². The second kappa shape index (κ2) is 6.55. The lowest BCUT2D eigenvalue weighted by Crippen LogP contribution is -2.04. The molecule has 1 N–H and O–H groups in total. The van der Waals surface area contributed by atoms with Crippen molar-refractivity contribution in [2.75, 3.05) is 11.9 Å². The molecule has 0 aromatic heterocycles. The molecule has 3 heteroatoms. The second-order valence-corrected chi connectivity index (χ2v) is 5.09. The predicted octanol–water partition coefficient (Wildman–Crippen LogP) is 4.17. The molecule has 0 atom stereocenters. The molecular formula is C13H17BrN2. The summed E-state index contributed by atoms with van der Waals surface area (Å²) in [6.07, 6.45) is 2.35. The zero-order valence-electron chi connectivity index (χ0n) is 9.76. The molecule has 0 aliphatic heterocycles. The molecule has 0 heterocycles. The normalized spacial score (nSPS) is 10.2. The molecule has 0 aliphatic rings. The fraction of sp³-hybridized carbons (Fsp3) is 0.462. The van der Waals surface area contributed by atoms with Crippen molar-refractivity contribution < 1.29 is 0 Å². The van der Waals surface area contributed by atoms with Gasteiger partial charge in [0.2, 0.25) is 0 Å². The van der Waals surface area contributed by atoms with E-state index in [1.165, 1.54) is 6.42 Å². The molecule has 0 bridgehead atoms. The van der Waals surface area contributed by atoms with Crippen molar-refractivity contribution in [1.29, 1.82) is 5.26 Å². The van der Waals surface area contributed by atoms with Crippen LogP contribution in [-0.2, 0) is 0 Å². The fourth-order valence-corrected chi connectivity index (χ4v) is 1.97. The number of nitrogens with zero attached hydrogens (tertiary/aromatic N) is 1. The number of halogens is 1. The van der Waals surface area contributed by atoms with E-state index in [4.69, 9.17) is 5.26 Å². The topological polar surface area (TPSA) is 35.8 Å². The molecule has 0 saturated heterocycles. The predicted molar refractivity (Wildman–Crippen MR) is 71.4 cm³/mol. The minimum absolute atomic E-state index is 0.687. The number of nitrogens with one attached hydrogen (secondary N) is 1. The van der Waals surface area contributed by atoms with Crippen LogP contribution in [0, 0.1) is 17.2 Å². The number of benzene rings is 1. The molecule has 86 valence electrons. The molecule has 0 saturated carbocycles. The summed E-state index contributed by atoms with van der Waals surface area (Å²) in [5.41, 5.74) is 1.60. The number of anilines is 1. The minimum Gasteiger partial charge on any atom is -0.384 e. The van der Waals surface area contributed by atoms with Crippen molar-refractivity contribution in [3.05, 3.63) is 28.2 Å². The summed E-state index contributed by atoms with van der Waals surface area (Å²) >= 11 is 3.38. The van der Waals surface area contributed by atoms with Crippen LogP contribution in [0.1, 0.15) is 32.3 Å². The van der Waals surface area contributed by atoms with E-state index >= 15 is 0 Å². The summed E-state index contributed by atoms with van der Waals surface area (Å²) < 4.78 is 0.851. The smallest absolute Gasteiger partial charge is 0.103 e. The van der Waals surface area contributed by atoms with Crippen LogP contribution < -0.4 is 5.32 Å². The van der Waals surface area contributed by atoms with E-state index in [1.54, 1.807) is 0 Å². The van der Waals surface area contributed by atoms with Gasteiger partial charge in [-0.3, -0.25) is 0 Å². The molecule has 0 spiro atoms. The minimum atomic E-state index is 0.687. The van der Waals surface area contributed by atoms with Crippen molar-refractivity contribution in [1.82, 2.24) is 0 Å². The molecule has 1 rings (SSSR count). The maximum atomic E-state index is 9.02. The van der Waals surface area contributed by atoms with E-state index in [1.807, 2.05) is 18.2 Å². The molecule has 0 fully saturated rings. The third-order valence-corrected chi connectivity index (χ3v) is 3.06. The van der Waals surface area contributed by atoms with E-state index in [0.717, 1.165) is 29.0 Å². The summed E-state index contributed by atoms with van der Waals surface area (Å²) in [7, 11) is 0. The van der Waals surface area contributed by atoms with Gasteiger partial charge in [0.25, 0.3) is 0 Å². The molecule has 16 heavy (non-hydrogen) atoms. The molecule has 0 aliphatic carbocycles. The van der Waals surface area contributed by atoms with Crippen LogP contribution in [-0.4, -0.2) is 6.54 Å². The Balaban J connectivity index is 2.54. The van der Waals surface area contributed by atoms with E-state index in [2.05, 4.69) is 41.2 Å². The average Bonchev–Trinajstić information content (AvgIpc) is 2.24. The Bertz CT molecular complexity index is 380. The van der Waals surface area contributed by atoms with E-state index in [-0.39, 0.29) is 0 Å². The maximum Gasteiger partial charge on any atom is 0.103 e. The largest absolute Gasteiger partial charge is 0.384 e. The van der Waals surface area contributed by atoms with Gasteiger partial charge < -0.3 is 5.32 Å². The monoisotopic (exact) mass is 280 g/mol. The van der Waals surface area contributed by atoms with Gasteiger partial charge >= 0.3 is 0 Å². The Labute approximate surface area is 106 Å². The van der Waals surface area contributed by atoms with Crippen LogP contribution in [0.15, 0.2) is 22.7 Å². The van der Waals surface area contributed by atoms with Gasteiger partial charge in [-0.25, -0.2) is 0 Å². The highest BCUT2D eigenvalue weighted by molar-refractivity contribution is 9.10. The summed E-state index contributed by atoms with van der Waals surface area (Å²) in [5, 5.41) is 12.3. The van der Waals surface area contributed by atoms with Gasteiger partial charge in [0.05, 0.1) is 11.3 Å². The molecular weight excluding hydrogens is 264 g/mol. The Kier molecular flexibility index (Phi) is 5.34. The number of rotatable bonds is 5. The number of hydrogen-bond acceptors (Lipinski definition) is 2. The van der Waals surface area contributed by atoms with Crippen molar-refractivity contribution in [2.24, 2.45) is 5.92 Å². The first-order valence-corrected chi connectivity index (χ1v) is 6.37. The molecule has 2 nitrogen and oxygen atoms in total. The summed E-state index contributed by atoms with van der Waals surface area (Å²) in [6, 6.07) is 7.97. The van der Waals surface area contributed by atoms with E-state index in [0.29, 0.717) is 5.56 Å². The first-order valence-electron chi connectivity index (χ1n) is 5.57. The zero-order chi connectivity index (χ0) is 12.0. The first-order chi connectivity index (χ1) is 7.65. The van der Waals surface area contributed by atoms with Crippen LogP contribution in [0.5, 0.6) is 0 Å². The van der Waals surface area contributed by atoms with Crippen molar-refractivity contribution in [3.8, 4) is 6.07 Å². The van der Waals surface area contributed by atoms with Crippen molar-refractivity contribution in [2.45, 2.75) is 26.7 Å². The molecule has 0 amide bonds. The lowest BCUT2D eigenvalue weighted by Gasteiger charge is -2.10. The summed E-state index contributed by atoms with van der Waals surface area (Å²) in [6.45, 7) is 5.36. The van der Waals surface area contributed by atoms with Crippen LogP contribution in [0.4, 0.5) is 5.69 Å². The van der Waals surface area contributed by atoms with Gasteiger partial charge in [-0.15, -0.1) is 0 Å². The zero-order valence-corrected chi connectivity index (χ0v) is 11.3. The lowest BCUT2D eigenvalue weighted by atomic mass is 10.1. The van der Waals surface area contributed by atoms with Gasteiger partial charge in [-0.05, 0) is 46.8 Å². The van der Waals surface area contributed by atoms with E-state index in [9.17, 15) is 0 Å². The van der Waals surface area contributed by atoms with Gasteiger partial charge in [-0.2, -0.15) is 5.26 Å². The van der Waals surface area contributed by atoms with Crippen LogP contribution >= 0.6 is 15.9 Å². The molecule has 0 radical (unpaired) electrons. The van der Waals surface area contributed by atoms with Crippen molar-refractivity contribution in [3.63, 3.8) is 0 Å². The van der Waals surface area contributed by atoms with Crippen molar-refractivity contribution >= 4 is 21.6 Å². The Hall–Kier alpha value is -1.01. The standard InChI is InChI=1S/C13H17BrN2/c1-10(2)5-4-8-16-13-7-3-6-12(14)11(13)9-15/h3,6-7,10,16H,4-5,8H2,1-2H3. The number of nitriles is 1. The van der Waals surface area contributed by atoms with Crippen LogP contribution in [0.3, 0.4) is 0 Å². The first kappa shape index (κ1) is 13.1. The highest BCUT2D eigenvalue weighted by Gasteiger charge is 2.04.